The first-order valence-corrected chi connectivity index (χ1v) is 11.2. The SMILES string of the molecule is Cn1c(-c2cc(C(=O)O)c(CC(C)(C)C)c(-c3nc4ccccc4n3C)n2)nc2ccccc21. The summed E-state index contributed by atoms with van der Waals surface area (Å²) in [6.45, 7) is 6.28. The number of nitrogens with zero attached hydrogens (tertiary/aromatic N) is 5. The van der Waals surface area contributed by atoms with Gasteiger partial charge in [-0.1, -0.05) is 45.0 Å². The normalized spacial score (nSPS) is 12.0. The predicted octanol–water partition coefficient (Wildman–Crippen LogP) is 5.48. The molecule has 5 aromatic rings. The third kappa shape index (κ3) is 3.63. The van der Waals surface area contributed by atoms with E-state index in [0.29, 0.717) is 35.0 Å². The summed E-state index contributed by atoms with van der Waals surface area (Å²) < 4.78 is 3.93. The zero-order valence-electron chi connectivity index (χ0n) is 20.0. The molecule has 0 fully saturated rings. The summed E-state index contributed by atoms with van der Waals surface area (Å²) in [6, 6.07) is 17.3. The highest BCUT2D eigenvalue weighted by Crippen LogP contribution is 2.35. The Kier molecular flexibility index (Phi) is 5.01. The molecule has 34 heavy (non-hydrogen) atoms. The topological polar surface area (TPSA) is 85.8 Å². The number of aromatic nitrogens is 5. The molecular weight excluding hydrogens is 426 g/mol. The van der Waals surface area contributed by atoms with Crippen LogP contribution in [0, 0.1) is 5.41 Å². The Hall–Kier alpha value is -4.00. The van der Waals surface area contributed by atoms with Gasteiger partial charge in [-0.2, -0.15) is 0 Å². The third-order valence-corrected chi connectivity index (χ3v) is 6.08. The lowest BCUT2D eigenvalue weighted by Crippen LogP contribution is -2.17. The Bertz CT molecular complexity index is 1570. The maximum absolute atomic E-state index is 12.5. The molecule has 2 aromatic carbocycles. The number of fused-ring (bicyclic) bond motifs is 2. The average Bonchev–Trinajstić information content (AvgIpc) is 3.30. The van der Waals surface area contributed by atoms with Gasteiger partial charge in [-0.25, -0.2) is 19.7 Å². The second-order valence-corrected chi connectivity index (χ2v) is 9.89. The lowest BCUT2D eigenvalue weighted by Gasteiger charge is -2.22. The van der Waals surface area contributed by atoms with Crippen molar-refractivity contribution in [2.24, 2.45) is 19.5 Å². The largest absolute Gasteiger partial charge is 0.478 e. The molecule has 1 N–H and O–H groups in total. The fraction of sp³-hybridized carbons (Fsp3) is 0.259. The van der Waals surface area contributed by atoms with Crippen LogP contribution in [0.3, 0.4) is 0 Å². The molecule has 172 valence electrons. The first-order chi connectivity index (χ1) is 16.1. The molecule has 0 aliphatic rings. The van der Waals surface area contributed by atoms with Crippen LogP contribution >= 0.6 is 0 Å². The number of aryl methyl sites for hydroxylation is 2. The molecular formula is C27H27N5O2. The molecule has 0 atom stereocenters. The number of benzene rings is 2. The van der Waals surface area contributed by atoms with Gasteiger partial charge in [0.05, 0.1) is 27.6 Å². The summed E-state index contributed by atoms with van der Waals surface area (Å²) in [7, 11) is 3.86. The van der Waals surface area contributed by atoms with Crippen LogP contribution in [-0.4, -0.2) is 35.2 Å². The van der Waals surface area contributed by atoms with Crippen molar-refractivity contribution in [3.05, 3.63) is 65.7 Å². The number of carboxylic acids is 1. The van der Waals surface area contributed by atoms with E-state index in [1.54, 1.807) is 6.07 Å². The Morgan fingerprint density at radius 3 is 1.91 bits per heavy atom. The van der Waals surface area contributed by atoms with Crippen LogP contribution in [0.2, 0.25) is 0 Å². The zero-order chi connectivity index (χ0) is 24.2. The van der Waals surface area contributed by atoms with E-state index in [9.17, 15) is 9.90 Å². The van der Waals surface area contributed by atoms with Crippen LogP contribution in [0.5, 0.6) is 0 Å². The minimum absolute atomic E-state index is 0.148. The van der Waals surface area contributed by atoms with Crippen LogP contribution in [0.25, 0.3) is 45.1 Å². The molecule has 0 spiro atoms. The molecule has 0 saturated heterocycles. The molecule has 0 amide bonds. The van der Waals surface area contributed by atoms with E-state index < -0.39 is 5.97 Å². The quantitative estimate of drug-likeness (QED) is 0.390. The lowest BCUT2D eigenvalue weighted by atomic mass is 9.85. The monoisotopic (exact) mass is 453 g/mol. The van der Waals surface area contributed by atoms with E-state index in [4.69, 9.17) is 15.0 Å². The van der Waals surface area contributed by atoms with Crippen LogP contribution in [-0.2, 0) is 20.5 Å². The number of aromatic carboxylic acids is 1. The Morgan fingerprint density at radius 2 is 1.38 bits per heavy atom. The van der Waals surface area contributed by atoms with E-state index in [1.165, 1.54) is 0 Å². The van der Waals surface area contributed by atoms with Crippen molar-refractivity contribution >= 4 is 28.0 Å². The number of pyridine rings is 1. The van der Waals surface area contributed by atoms with Crippen LogP contribution in [0.1, 0.15) is 36.7 Å². The van der Waals surface area contributed by atoms with Gasteiger partial charge in [-0.05, 0) is 47.7 Å². The lowest BCUT2D eigenvalue weighted by molar-refractivity contribution is 0.0695. The van der Waals surface area contributed by atoms with Gasteiger partial charge in [0.1, 0.15) is 11.4 Å². The smallest absolute Gasteiger partial charge is 0.336 e. The Morgan fingerprint density at radius 1 is 0.853 bits per heavy atom. The first kappa shape index (κ1) is 21.8. The summed E-state index contributed by atoms with van der Waals surface area (Å²) in [5.74, 6) is 0.274. The number of para-hydroxylation sites is 4. The minimum Gasteiger partial charge on any atom is -0.478 e. The highest BCUT2D eigenvalue weighted by Gasteiger charge is 2.27. The number of hydrogen-bond acceptors (Lipinski definition) is 4. The van der Waals surface area contributed by atoms with Crippen molar-refractivity contribution < 1.29 is 9.90 Å². The first-order valence-electron chi connectivity index (χ1n) is 11.2. The molecule has 0 aliphatic heterocycles. The number of hydrogen-bond donors (Lipinski definition) is 1. The van der Waals surface area contributed by atoms with Crippen LogP contribution in [0.15, 0.2) is 54.6 Å². The second kappa shape index (κ2) is 7.80. The average molecular weight is 454 g/mol. The van der Waals surface area contributed by atoms with Crippen molar-refractivity contribution in [3.8, 4) is 23.0 Å². The number of imidazole rings is 2. The van der Waals surface area contributed by atoms with Crippen LogP contribution < -0.4 is 0 Å². The van der Waals surface area contributed by atoms with Crippen molar-refractivity contribution in [2.45, 2.75) is 27.2 Å². The van der Waals surface area contributed by atoms with Gasteiger partial charge in [-0.3, -0.25) is 0 Å². The van der Waals surface area contributed by atoms with Crippen molar-refractivity contribution in [1.82, 2.24) is 24.1 Å². The molecule has 0 saturated carbocycles. The summed E-state index contributed by atoms with van der Waals surface area (Å²) >= 11 is 0. The Labute approximate surface area is 197 Å². The third-order valence-electron chi connectivity index (χ3n) is 6.08. The van der Waals surface area contributed by atoms with E-state index in [2.05, 4.69) is 20.8 Å². The highest BCUT2D eigenvalue weighted by atomic mass is 16.4. The second-order valence-electron chi connectivity index (χ2n) is 9.89. The summed E-state index contributed by atoms with van der Waals surface area (Å²) in [4.78, 5) is 27.2. The van der Waals surface area contributed by atoms with E-state index in [0.717, 1.165) is 22.1 Å². The molecule has 5 rings (SSSR count). The van der Waals surface area contributed by atoms with Gasteiger partial charge in [0, 0.05) is 14.1 Å². The number of carbonyl (C=O) groups is 1. The summed E-state index contributed by atoms with van der Waals surface area (Å²) in [5.41, 5.74) is 5.45. The minimum atomic E-state index is -0.985. The number of carboxylic acid groups (broad SMARTS) is 1. The molecule has 0 bridgehead atoms. The fourth-order valence-electron chi connectivity index (χ4n) is 4.50. The summed E-state index contributed by atoms with van der Waals surface area (Å²) in [6.07, 6.45) is 0.545. The van der Waals surface area contributed by atoms with Gasteiger partial charge in [0.2, 0.25) is 0 Å². The van der Waals surface area contributed by atoms with Gasteiger partial charge in [0.25, 0.3) is 0 Å². The van der Waals surface area contributed by atoms with E-state index in [1.807, 2.05) is 71.8 Å². The maximum Gasteiger partial charge on any atom is 0.336 e. The number of rotatable bonds is 4. The zero-order valence-corrected chi connectivity index (χ0v) is 20.0. The molecule has 0 aliphatic carbocycles. The standard InChI is InChI=1S/C27H27N5O2/c1-27(2,3)15-17-16(26(33)34)14-20(24-29-18-10-6-8-12-21(18)31(24)4)28-23(17)25-30-19-11-7-9-13-22(19)32(25)5/h6-14H,15H2,1-5H3,(H,33,34). The molecule has 7 heteroatoms. The predicted molar refractivity (Wildman–Crippen MR) is 134 cm³/mol. The summed E-state index contributed by atoms with van der Waals surface area (Å²) in [5, 5.41) is 10.2. The molecule has 7 nitrogen and oxygen atoms in total. The fourth-order valence-corrected chi connectivity index (χ4v) is 4.50. The van der Waals surface area contributed by atoms with Crippen LogP contribution in [0.4, 0.5) is 0 Å². The maximum atomic E-state index is 12.5. The molecule has 3 heterocycles. The highest BCUT2D eigenvalue weighted by molar-refractivity contribution is 5.94. The van der Waals surface area contributed by atoms with Crippen molar-refractivity contribution in [1.29, 1.82) is 0 Å². The van der Waals surface area contributed by atoms with Gasteiger partial charge < -0.3 is 14.2 Å². The van der Waals surface area contributed by atoms with Crippen molar-refractivity contribution in [2.75, 3.05) is 0 Å². The van der Waals surface area contributed by atoms with E-state index in [-0.39, 0.29) is 11.0 Å². The molecule has 0 unspecified atom stereocenters. The van der Waals surface area contributed by atoms with Crippen molar-refractivity contribution in [3.63, 3.8) is 0 Å². The van der Waals surface area contributed by atoms with Gasteiger partial charge >= 0.3 is 5.97 Å². The van der Waals surface area contributed by atoms with Gasteiger partial charge in [0.15, 0.2) is 11.6 Å². The van der Waals surface area contributed by atoms with Gasteiger partial charge in [-0.15, -0.1) is 0 Å². The Balaban J connectivity index is 1.85. The molecule has 0 radical (unpaired) electrons. The molecule has 3 aromatic heterocycles. The van der Waals surface area contributed by atoms with E-state index >= 15 is 0 Å².